The normalized spacial score (nSPS) is 18.6. The van der Waals surface area contributed by atoms with E-state index >= 15 is 0 Å². The van der Waals surface area contributed by atoms with Gasteiger partial charge in [0, 0.05) is 11.8 Å². The molecule has 0 bridgehead atoms. The van der Waals surface area contributed by atoms with Crippen LogP contribution in [-0.4, -0.2) is 23.3 Å². The van der Waals surface area contributed by atoms with Crippen molar-refractivity contribution in [1.29, 1.82) is 0 Å². The molecule has 0 spiro atoms. The highest BCUT2D eigenvalue weighted by atomic mass is 16.4. The zero-order chi connectivity index (χ0) is 13.6. The van der Waals surface area contributed by atoms with Crippen LogP contribution < -0.4 is 5.32 Å². The Balaban J connectivity index is 1.81. The number of aromatic nitrogens is 2. The predicted molar refractivity (Wildman–Crippen MR) is 76.2 cm³/mol. The lowest BCUT2D eigenvalue weighted by Crippen LogP contribution is -2.25. The number of rotatable bonds is 7. The van der Waals surface area contributed by atoms with Crippen molar-refractivity contribution in [3.8, 4) is 0 Å². The molecule has 0 saturated heterocycles. The maximum atomic E-state index is 5.88. The van der Waals surface area contributed by atoms with Crippen molar-refractivity contribution in [2.24, 2.45) is 0 Å². The lowest BCUT2D eigenvalue weighted by atomic mass is 9.76. The van der Waals surface area contributed by atoms with E-state index in [0.29, 0.717) is 0 Å². The fourth-order valence-corrected chi connectivity index (χ4v) is 2.81. The van der Waals surface area contributed by atoms with Crippen molar-refractivity contribution in [2.75, 3.05) is 13.1 Å². The molecule has 4 heteroatoms. The second-order valence-corrected chi connectivity index (χ2v) is 5.98. The van der Waals surface area contributed by atoms with Gasteiger partial charge in [0.2, 0.25) is 11.8 Å². The number of aryl methyl sites for hydroxylation is 1. The molecule has 0 radical (unpaired) electrons. The first-order valence-electron chi connectivity index (χ1n) is 7.78. The lowest BCUT2D eigenvalue weighted by molar-refractivity contribution is 0.251. The van der Waals surface area contributed by atoms with Crippen LogP contribution in [0.5, 0.6) is 0 Å². The number of nitrogens with zero attached hydrogens (tertiary/aromatic N) is 2. The maximum Gasteiger partial charge on any atom is 0.222 e. The van der Waals surface area contributed by atoms with Gasteiger partial charge in [-0.3, -0.25) is 0 Å². The van der Waals surface area contributed by atoms with Gasteiger partial charge < -0.3 is 9.73 Å². The van der Waals surface area contributed by atoms with Gasteiger partial charge in [-0.2, -0.15) is 0 Å². The Bertz CT molecular complexity index is 369. The summed E-state index contributed by atoms with van der Waals surface area (Å²) in [7, 11) is 0. The first-order chi connectivity index (χ1) is 9.24. The Morgan fingerprint density at radius 3 is 2.68 bits per heavy atom. The molecular formula is C15H27N3O. The molecule has 1 aromatic rings. The van der Waals surface area contributed by atoms with Gasteiger partial charge in [0.15, 0.2) is 0 Å². The third-order valence-corrected chi connectivity index (χ3v) is 4.11. The Kier molecular flexibility index (Phi) is 5.37. The van der Waals surface area contributed by atoms with E-state index in [1.54, 1.807) is 0 Å². The minimum atomic E-state index is 0.129. The molecule has 1 aliphatic rings. The first-order valence-corrected chi connectivity index (χ1v) is 7.78. The molecule has 0 amide bonds. The van der Waals surface area contributed by atoms with Crippen LogP contribution in [0.3, 0.4) is 0 Å². The Labute approximate surface area is 116 Å². The monoisotopic (exact) mass is 265 g/mol. The summed E-state index contributed by atoms with van der Waals surface area (Å²) in [6.07, 6.45) is 9.44. The van der Waals surface area contributed by atoms with Gasteiger partial charge in [-0.05, 0) is 38.8 Å². The number of hydrogen-bond acceptors (Lipinski definition) is 4. The van der Waals surface area contributed by atoms with E-state index in [9.17, 15) is 0 Å². The van der Waals surface area contributed by atoms with E-state index in [4.69, 9.17) is 4.42 Å². The molecule has 0 unspecified atom stereocenters. The van der Waals surface area contributed by atoms with E-state index in [1.165, 1.54) is 38.5 Å². The average Bonchev–Trinajstić information content (AvgIpc) is 2.89. The van der Waals surface area contributed by atoms with Crippen LogP contribution in [-0.2, 0) is 11.8 Å². The quantitative estimate of drug-likeness (QED) is 0.769. The Morgan fingerprint density at radius 1 is 1.16 bits per heavy atom. The molecule has 0 aliphatic heterocycles. The van der Waals surface area contributed by atoms with E-state index in [-0.39, 0.29) is 5.41 Å². The van der Waals surface area contributed by atoms with Crippen molar-refractivity contribution in [3.05, 3.63) is 11.8 Å². The highest BCUT2D eigenvalue weighted by molar-refractivity contribution is 5.03. The van der Waals surface area contributed by atoms with Crippen LogP contribution in [0.15, 0.2) is 4.42 Å². The third kappa shape index (κ3) is 4.03. The van der Waals surface area contributed by atoms with E-state index in [0.717, 1.165) is 37.7 Å². The summed E-state index contributed by atoms with van der Waals surface area (Å²) in [6, 6.07) is 0. The number of nitrogens with one attached hydrogen (secondary N) is 1. The van der Waals surface area contributed by atoms with Crippen LogP contribution >= 0.6 is 0 Å². The minimum Gasteiger partial charge on any atom is -0.425 e. The minimum absolute atomic E-state index is 0.129. The van der Waals surface area contributed by atoms with Crippen LogP contribution in [0, 0.1) is 0 Å². The van der Waals surface area contributed by atoms with Gasteiger partial charge in [-0.25, -0.2) is 0 Å². The van der Waals surface area contributed by atoms with Crippen molar-refractivity contribution in [1.82, 2.24) is 15.5 Å². The zero-order valence-electron chi connectivity index (χ0n) is 12.4. The van der Waals surface area contributed by atoms with Crippen LogP contribution in [0.1, 0.15) is 70.6 Å². The Hall–Kier alpha value is -0.900. The van der Waals surface area contributed by atoms with Crippen LogP contribution in [0.25, 0.3) is 0 Å². The molecule has 1 N–H and O–H groups in total. The summed E-state index contributed by atoms with van der Waals surface area (Å²) in [4.78, 5) is 0. The van der Waals surface area contributed by atoms with E-state index in [2.05, 4.69) is 29.4 Å². The van der Waals surface area contributed by atoms with Crippen LogP contribution in [0.2, 0.25) is 0 Å². The molecule has 1 aliphatic carbocycles. The van der Waals surface area contributed by atoms with Crippen molar-refractivity contribution in [2.45, 2.75) is 70.6 Å². The summed E-state index contributed by atoms with van der Waals surface area (Å²) >= 11 is 0. The molecule has 108 valence electrons. The standard InChI is InChI=1S/C15H27N3O/c1-3-11-16-12-7-8-13-17-18-14(19-13)15(2)9-5-4-6-10-15/h16H,3-12H2,1-2H3. The molecule has 1 heterocycles. The summed E-state index contributed by atoms with van der Waals surface area (Å²) in [5.74, 6) is 1.67. The smallest absolute Gasteiger partial charge is 0.222 e. The zero-order valence-corrected chi connectivity index (χ0v) is 12.4. The fourth-order valence-electron chi connectivity index (χ4n) is 2.81. The van der Waals surface area contributed by atoms with Crippen molar-refractivity contribution in [3.63, 3.8) is 0 Å². The summed E-state index contributed by atoms with van der Waals surface area (Å²) in [5.41, 5.74) is 0.129. The molecule has 0 aromatic carbocycles. The van der Waals surface area contributed by atoms with Gasteiger partial charge in [-0.15, -0.1) is 10.2 Å². The summed E-state index contributed by atoms with van der Waals surface area (Å²) in [5, 5.41) is 11.9. The molecular weight excluding hydrogens is 238 g/mol. The fraction of sp³-hybridized carbons (Fsp3) is 0.867. The largest absolute Gasteiger partial charge is 0.425 e. The SMILES string of the molecule is CCCNCCCc1nnc(C2(C)CCCCC2)o1. The molecule has 1 fully saturated rings. The molecule has 19 heavy (non-hydrogen) atoms. The van der Waals surface area contributed by atoms with Gasteiger partial charge in [0.25, 0.3) is 0 Å². The van der Waals surface area contributed by atoms with Gasteiger partial charge >= 0.3 is 0 Å². The van der Waals surface area contributed by atoms with Gasteiger partial charge in [-0.1, -0.05) is 33.1 Å². The predicted octanol–water partition coefficient (Wildman–Crippen LogP) is 3.22. The second kappa shape index (κ2) is 7.04. The highest BCUT2D eigenvalue weighted by Crippen LogP contribution is 2.38. The lowest BCUT2D eigenvalue weighted by Gasteiger charge is -2.29. The third-order valence-electron chi connectivity index (χ3n) is 4.11. The molecule has 1 saturated carbocycles. The Morgan fingerprint density at radius 2 is 1.95 bits per heavy atom. The summed E-state index contributed by atoms with van der Waals surface area (Å²) in [6.45, 7) is 6.57. The van der Waals surface area contributed by atoms with Gasteiger partial charge in [0.1, 0.15) is 0 Å². The molecule has 2 rings (SSSR count). The number of hydrogen-bond donors (Lipinski definition) is 1. The maximum absolute atomic E-state index is 5.88. The van der Waals surface area contributed by atoms with E-state index < -0.39 is 0 Å². The summed E-state index contributed by atoms with van der Waals surface area (Å²) < 4.78 is 5.88. The average molecular weight is 265 g/mol. The first kappa shape index (κ1) is 14.5. The van der Waals surface area contributed by atoms with Crippen LogP contribution in [0.4, 0.5) is 0 Å². The van der Waals surface area contributed by atoms with Crippen molar-refractivity contribution < 1.29 is 4.42 Å². The van der Waals surface area contributed by atoms with E-state index in [1.807, 2.05) is 0 Å². The topological polar surface area (TPSA) is 51.0 Å². The van der Waals surface area contributed by atoms with Gasteiger partial charge in [0.05, 0.1) is 0 Å². The van der Waals surface area contributed by atoms with Crippen molar-refractivity contribution >= 4 is 0 Å². The second-order valence-electron chi connectivity index (χ2n) is 5.98. The molecule has 1 aromatic heterocycles. The molecule has 0 atom stereocenters. The molecule has 4 nitrogen and oxygen atoms in total. The highest BCUT2D eigenvalue weighted by Gasteiger charge is 2.33.